The van der Waals surface area contributed by atoms with Crippen molar-refractivity contribution < 1.29 is 9.21 Å². The molecule has 0 saturated carbocycles. The van der Waals surface area contributed by atoms with E-state index in [-0.39, 0.29) is 18.3 Å². The summed E-state index contributed by atoms with van der Waals surface area (Å²) in [4.78, 5) is 16.9. The Morgan fingerprint density at radius 1 is 1.13 bits per heavy atom. The minimum absolute atomic E-state index is 0. The number of amides is 1. The first-order chi connectivity index (χ1) is 14.5. The van der Waals surface area contributed by atoms with Crippen molar-refractivity contribution in [2.24, 2.45) is 0 Å². The molecule has 0 aliphatic carbocycles. The Bertz CT molecular complexity index is 1070. The van der Waals surface area contributed by atoms with Crippen LogP contribution in [-0.2, 0) is 19.5 Å². The van der Waals surface area contributed by atoms with Crippen molar-refractivity contribution in [1.82, 2.24) is 9.80 Å². The van der Waals surface area contributed by atoms with Gasteiger partial charge in [0.25, 0.3) is 5.91 Å². The maximum absolute atomic E-state index is 13.0. The zero-order chi connectivity index (χ0) is 21.1. The molecule has 0 fully saturated rings. The van der Waals surface area contributed by atoms with Gasteiger partial charge in [0, 0.05) is 17.1 Å². The first-order valence-corrected chi connectivity index (χ1v) is 10.4. The van der Waals surface area contributed by atoms with Crippen LogP contribution in [-0.4, -0.2) is 36.3 Å². The summed E-state index contributed by atoms with van der Waals surface area (Å²) in [5.41, 5.74) is 3.90. The normalized spacial score (nSPS) is 13.4. The molecule has 0 bridgehead atoms. The monoisotopic (exact) mass is 456 g/mol. The number of carbonyl (C=O) groups excluding carboxylic acids is 1. The summed E-state index contributed by atoms with van der Waals surface area (Å²) in [5.74, 6) is 1.90. The zero-order valence-electron chi connectivity index (χ0n) is 17.7. The molecule has 4 nitrogen and oxygen atoms in total. The molecule has 6 heteroatoms. The number of benzene rings is 2. The molecule has 0 unspecified atom stereocenters. The molecule has 0 saturated heterocycles. The molecule has 2 aromatic carbocycles. The van der Waals surface area contributed by atoms with E-state index in [0.29, 0.717) is 18.7 Å². The lowest BCUT2D eigenvalue weighted by atomic mass is 10.1. The van der Waals surface area contributed by atoms with Gasteiger partial charge >= 0.3 is 0 Å². The first-order valence-electron chi connectivity index (χ1n) is 10.1. The quantitative estimate of drug-likeness (QED) is 0.456. The second kappa shape index (κ2) is 10.2. The van der Waals surface area contributed by atoms with Crippen LogP contribution in [0.5, 0.6) is 0 Å². The van der Waals surface area contributed by atoms with E-state index < -0.39 is 0 Å². The number of rotatable bonds is 5. The molecule has 3 aromatic rings. The summed E-state index contributed by atoms with van der Waals surface area (Å²) in [7, 11) is 4.04. The molecular formula is C25H26Cl2N2O2. The van der Waals surface area contributed by atoms with Crippen LogP contribution in [0, 0.1) is 0 Å². The highest BCUT2D eigenvalue weighted by atomic mass is 35.5. The van der Waals surface area contributed by atoms with Crippen molar-refractivity contribution in [2.75, 3.05) is 20.6 Å². The van der Waals surface area contributed by atoms with E-state index in [0.717, 1.165) is 40.6 Å². The van der Waals surface area contributed by atoms with E-state index in [4.69, 9.17) is 16.0 Å². The third kappa shape index (κ3) is 5.59. The molecule has 162 valence electrons. The van der Waals surface area contributed by atoms with Gasteiger partial charge in [-0.05, 0) is 61.5 Å². The minimum atomic E-state index is 0. The molecule has 1 amide bonds. The summed E-state index contributed by atoms with van der Waals surface area (Å²) in [6.07, 6.45) is 4.81. The Kier molecular flexibility index (Phi) is 7.60. The number of hydrogen-bond acceptors (Lipinski definition) is 3. The van der Waals surface area contributed by atoms with Crippen molar-refractivity contribution in [3.05, 3.63) is 93.4 Å². The summed E-state index contributed by atoms with van der Waals surface area (Å²) < 4.78 is 5.98. The predicted octanol–water partition coefficient (Wildman–Crippen LogP) is 5.79. The fourth-order valence-corrected chi connectivity index (χ4v) is 3.86. The van der Waals surface area contributed by atoms with Crippen molar-refractivity contribution in [3.63, 3.8) is 0 Å². The molecule has 0 atom stereocenters. The van der Waals surface area contributed by atoms with Gasteiger partial charge in [0.05, 0.1) is 13.1 Å². The number of halogens is 2. The molecule has 0 spiro atoms. The highest BCUT2D eigenvalue weighted by molar-refractivity contribution is 6.32. The van der Waals surface area contributed by atoms with Crippen LogP contribution >= 0.6 is 24.0 Å². The van der Waals surface area contributed by atoms with E-state index in [1.54, 1.807) is 0 Å². The van der Waals surface area contributed by atoms with Crippen LogP contribution in [0.15, 0.2) is 59.0 Å². The highest BCUT2D eigenvalue weighted by Crippen LogP contribution is 2.25. The topological polar surface area (TPSA) is 36.7 Å². The lowest BCUT2D eigenvalue weighted by Gasteiger charge is -2.26. The molecule has 0 N–H and O–H groups in total. The van der Waals surface area contributed by atoms with Gasteiger partial charge in [0.15, 0.2) is 0 Å². The Balaban J connectivity index is 0.00000272. The van der Waals surface area contributed by atoms with Crippen LogP contribution in [0.25, 0.3) is 12.2 Å². The van der Waals surface area contributed by atoms with Gasteiger partial charge in [-0.15, -0.1) is 12.4 Å². The number of hydrogen-bond donors (Lipinski definition) is 0. The third-order valence-corrected chi connectivity index (χ3v) is 5.55. The second-order valence-corrected chi connectivity index (χ2v) is 8.26. The number of fused-ring (bicyclic) bond motifs is 1. The Morgan fingerprint density at radius 2 is 1.87 bits per heavy atom. The maximum Gasteiger partial charge on any atom is 0.254 e. The maximum atomic E-state index is 13.0. The van der Waals surface area contributed by atoms with Crippen LogP contribution < -0.4 is 0 Å². The van der Waals surface area contributed by atoms with Crippen molar-refractivity contribution in [1.29, 1.82) is 0 Å². The van der Waals surface area contributed by atoms with Crippen LogP contribution in [0.2, 0.25) is 5.02 Å². The Morgan fingerprint density at radius 3 is 2.58 bits per heavy atom. The number of furan rings is 1. The van der Waals surface area contributed by atoms with Gasteiger partial charge in [-0.1, -0.05) is 54.1 Å². The fourth-order valence-electron chi connectivity index (χ4n) is 3.66. The summed E-state index contributed by atoms with van der Waals surface area (Å²) in [5, 5.41) is 0.719. The van der Waals surface area contributed by atoms with Gasteiger partial charge in [0.2, 0.25) is 0 Å². The SMILES string of the molecule is CN(C)Cc1cc2c(o1)CN(C(=O)c1ccc(/C=C\c3ccccc3Cl)cc1)CC2.Cl. The highest BCUT2D eigenvalue weighted by Gasteiger charge is 2.25. The molecule has 31 heavy (non-hydrogen) atoms. The lowest BCUT2D eigenvalue weighted by Crippen LogP contribution is -2.35. The van der Waals surface area contributed by atoms with E-state index in [1.807, 2.05) is 79.7 Å². The van der Waals surface area contributed by atoms with Crippen LogP contribution in [0.1, 0.15) is 38.6 Å². The van der Waals surface area contributed by atoms with Crippen molar-refractivity contribution in [3.8, 4) is 0 Å². The fraction of sp³-hybridized carbons (Fsp3) is 0.240. The minimum Gasteiger partial charge on any atom is -0.463 e. The summed E-state index contributed by atoms with van der Waals surface area (Å²) >= 11 is 6.19. The van der Waals surface area contributed by atoms with E-state index in [2.05, 4.69) is 11.0 Å². The largest absolute Gasteiger partial charge is 0.463 e. The molecule has 1 aromatic heterocycles. The molecule has 4 rings (SSSR count). The molecule has 1 aliphatic heterocycles. The van der Waals surface area contributed by atoms with Crippen molar-refractivity contribution >= 4 is 42.1 Å². The van der Waals surface area contributed by atoms with Gasteiger partial charge in [-0.25, -0.2) is 0 Å². The second-order valence-electron chi connectivity index (χ2n) is 7.85. The molecule has 0 radical (unpaired) electrons. The zero-order valence-corrected chi connectivity index (χ0v) is 19.2. The van der Waals surface area contributed by atoms with Gasteiger partial charge in [-0.3, -0.25) is 4.79 Å². The first kappa shape index (κ1) is 23.1. The van der Waals surface area contributed by atoms with Crippen LogP contribution in [0.4, 0.5) is 0 Å². The molecule has 1 aliphatic rings. The number of carbonyl (C=O) groups is 1. The Labute approximate surface area is 194 Å². The van der Waals surface area contributed by atoms with Crippen molar-refractivity contribution in [2.45, 2.75) is 19.5 Å². The average molecular weight is 457 g/mol. The lowest BCUT2D eigenvalue weighted by molar-refractivity contribution is 0.0718. The predicted molar refractivity (Wildman–Crippen MR) is 129 cm³/mol. The standard InChI is InChI=1S/C25H25ClN2O2.ClH/c1-27(2)16-22-15-21-13-14-28(17-24(21)30-22)25(29)20-11-8-18(9-12-20)7-10-19-5-3-4-6-23(19)26;/h3-12,15H,13-14,16-17H2,1-2H3;1H/b10-7-;. The van der Waals surface area contributed by atoms with E-state index >= 15 is 0 Å². The Hall–Kier alpha value is -2.53. The smallest absolute Gasteiger partial charge is 0.254 e. The van der Waals surface area contributed by atoms with Crippen LogP contribution in [0.3, 0.4) is 0 Å². The molecule has 2 heterocycles. The summed E-state index contributed by atoms with van der Waals surface area (Å²) in [6, 6.07) is 17.5. The van der Waals surface area contributed by atoms with Gasteiger partial charge in [0.1, 0.15) is 11.5 Å². The molecular weight excluding hydrogens is 431 g/mol. The van der Waals surface area contributed by atoms with E-state index in [1.165, 1.54) is 5.56 Å². The third-order valence-electron chi connectivity index (χ3n) is 5.21. The van der Waals surface area contributed by atoms with Gasteiger partial charge < -0.3 is 14.2 Å². The van der Waals surface area contributed by atoms with Gasteiger partial charge in [-0.2, -0.15) is 0 Å². The van der Waals surface area contributed by atoms with E-state index in [9.17, 15) is 4.79 Å². The number of nitrogens with zero attached hydrogens (tertiary/aromatic N) is 2. The average Bonchev–Trinajstić information content (AvgIpc) is 3.13. The summed E-state index contributed by atoms with van der Waals surface area (Å²) in [6.45, 7) is 2.00.